The molecule has 0 atom stereocenters. The molecule has 0 aliphatic heterocycles. The molecule has 1 saturated carbocycles. The highest BCUT2D eigenvalue weighted by molar-refractivity contribution is 5.91. The van der Waals surface area contributed by atoms with Crippen LogP contribution < -0.4 is 9.47 Å². The molecule has 0 spiro atoms. The molecule has 1 aliphatic carbocycles. The number of rotatable bonds is 19. The maximum Gasteiger partial charge on any atom is 0.343 e. The zero-order chi connectivity index (χ0) is 27.5. The highest BCUT2D eigenvalue weighted by atomic mass is 16.5. The summed E-state index contributed by atoms with van der Waals surface area (Å²) in [6, 6.07) is 15.3. The van der Waals surface area contributed by atoms with Crippen LogP contribution in [0.4, 0.5) is 0 Å². The Morgan fingerprint density at radius 1 is 0.769 bits per heavy atom. The second kappa shape index (κ2) is 18.7. The second-order valence-corrected chi connectivity index (χ2v) is 11.5. The summed E-state index contributed by atoms with van der Waals surface area (Å²) in [6.45, 7) is 6.77. The van der Waals surface area contributed by atoms with Crippen LogP contribution in [0.15, 0.2) is 61.2 Å². The van der Waals surface area contributed by atoms with Crippen LogP contribution in [0, 0.1) is 11.8 Å². The van der Waals surface area contributed by atoms with E-state index in [2.05, 4.69) is 25.6 Å². The number of allylic oxidation sites excluding steroid dienone is 1. The molecule has 3 heteroatoms. The molecular formula is C36H52O3. The molecule has 0 heterocycles. The van der Waals surface area contributed by atoms with Crippen molar-refractivity contribution in [2.24, 2.45) is 11.8 Å². The van der Waals surface area contributed by atoms with Crippen LogP contribution in [0.3, 0.4) is 0 Å². The van der Waals surface area contributed by atoms with E-state index >= 15 is 0 Å². The Bertz CT molecular complexity index is 923. The third kappa shape index (κ3) is 12.4. The van der Waals surface area contributed by atoms with Gasteiger partial charge in [-0.3, -0.25) is 0 Å². The summed E-state index contributed by atoms with van der Waals surface area (Å²) in [7, 11) is 0. The third-order valence-electron chi connectivity index (χ3n) is 8.32. The lowest BCUT2D eigenvalue weighted by atomic mass is 9.78. The van der Waals surface area contributed by atoms with Gasteiger partial charge in [0.15, 0.2) is 0 Å². The van der Waals surface area contributed by atoms with Gasteiger partial charge in [0.1, 0.15) is 11.5 Å². The average molecular weight is 533 g/mol. The van der Waals surface area contributed by atoms with E-state index in [1.165, 1.54) is 95.5 Å². The van der Waals surface area contributed by atoms with E-state index in [-0.39, 0.29) is 5.97 Å². The molecular weight excluding hydrogens is 480 g/mol. The molecule has 3 rings (SSSR count). The number of aryl methyl sites for hydroxylation is 1. The molecule has 1 aliphatic rings. The van der Waals surface area contributed by atoms with Crippen LogP contribution in [-0.2, 0) is 6.42 Å². The molecule has 0 saturated heterocycles. The molecule has 214 valence electrons. The van der Waals surface area contributed by atoms with Gasteiger partial charge in [0.2, 0.25) is 0 Å². The Labute approximate surface area is 238 Å². The number of hydrogen-bond donors (Lipinski definition) is 0. The molecule has 39 heavy (non-hydrogen) atoms. The van der Waals surface area contributed by atoms with Crippen LogP contribution >= 0.6 is 0 Å². The van der Waals surface area contributed by atoms with E-state index in [4.69, 9.17) is 9.47 Å². The minimum atomic E-state index is -0.332. The molecule has 1 fully saturated rings. The number of benzene rings is 2. The topological polar surface area (TPSA) is 35.5 Å². The van der Waals surface area contributed by atoms with E-state index in [1.54, 1.807) is 12.1 Å². The SMILES string of the molecule is C=CCCCCCCCCOc1ccc(C(=O)Oc2ccc(CCC3CCC(CCCCC)CC3)cc2)cc1. The van der Waals surface area contributed by atoms with Crippen LogP contribution in [0.25, 0.3) is 0 Å². The van der Waals surface area contributed by atoms with Gasteiger partial charge >= 0.3 is 5.97 Å². The van der Waals surface area contributed by atoms with Gasteiger partial charge in [-0.15, -0.1) is 6.58 Å². The highest BCUT2D eigenvalue weighted by Gasteiger charge is 2.20. The van der Waals surface area contributed by atoms with E-state index in [0.717, 1.165) is 36.8 Å². The van der Waals surface area contributed by atoms with Gasteiger partial charge in [-0.25, -0.2) is 4.79 Å². The van der Waals surface area contributed by atoms with Crippen LogP contribution in [-0.4, -0.2) is 12.6 Å². The quantitative estimate of drug-likeness (QED) is 0.0781. The summed E-state index contributed by atoms with van der Waals surface area (Å²) < 4.78 is 11.5. The first-order chi connectivity index (χ1) is 19.2. The zero-order valence-corrected chi connectivity index (χ0v) is 24.5. The molecule has 0 aromatic heterocycles. The van der Waals surface area contributed by atoms with Crippen molar-refractivity contribution < 1.29 is 14.3 Å². The van der Waals surface area contributed by atoms with Gasteiger partial charge in [0.25, 0.3) is 0 Å². The number of esters is 1. The number of carbonyl (C=O) groups excluding carboxylic acids is 1. The van der Waals surface area contributed by atoms with Gasteiger partial charge in [-0.1, -0.05) is 102 Å². The minimum Gasteiger partial charge on any atom is -0.494 e. The molecule has 0 radical (unpaired) electrons. The van der Waals surface area contributed by atoms with Gasteiger partial charge < -0.3 is 9.47 Å². The summed E-state index contributed by atoms with van der Waals surface area (Å²) in [5, 5.41) is 0. The highest BCUT2D eigenvalue weighted by Crippen LogP contribution is 2.34. The van der Waals surface area contributed by atoms with Gasteiger partial charge in [-0.2, -0.15) is 0 Å². The first-order valence-electron chi connectivity index (χ1n) is 15.8. The fraction of sp³-hybridized carbons (Fsp3) is 0.583. The monoisotopic (exact) mass is 532 g/mol. The van der Waals surface area contributed by atoms with Crippen molar-refractivity contribution in [2.45, 2.75) is 116 Å². The Morgan fingerprint density at radius 2 is 1.38 bits per heavy atom. The second-order valence-electron chi connectivity index (χ2n) is 11.5. The van der Waals surface area contributed by atoms with Gasteiger partial charge in [0, 0.05) is 0 Å². The van der Waals surface area contributed by atoms with E-state index in [1.807, 2.05) is 30.3 Å². The number of carbonyl (C=O) groups is 1. The van der Waals surface area contributed by atoms with Crippen molar-refractivity contribution in [3.05, 3.63) is 72.3 Å². The maximum atomic E-state index is 12.6. The molecule has 2 aromatic carbocycles. The predicted octanol–water partition coefficient (Wildman–Crippen LogP) is 10.5. The van der Waals surface area contributed by atoms with Crippen molar-refractivity contribution >= 4 is 5.97 Å². The van der Waals surface area contributed by atoms with E-state index in [0.29, 0.717) is 17.9 Å². The van der Waals surface area contributed by atoms with Crippen LogP contribution in [0.2, 0.25) is 0 Å². The Hall–Kier alpha value is -2.55. The van der Waals surface area contributed by atoms with Crippen molar-refractivity contribution in [1.29, 1.82) is 0 Å². The predicted molar refractivity (Wildman–Crippen MR) is 164 cm³/mol. The zero-order valence-electron chi connectivity index (χ0n) is 24.5. The molecule has 2 aromatic rings. The standard InChI is InChI=1S/C36H52O3/c1-3-5-7-8-9-10-11-13-29-38-34-27-23-33(24-28-34)36(37)39-35-25-21-32(22-26-35)20-19-31-17-15-30(16-18-31)14-12-6-4-2/h3,21-28,30-31H,1,4-20,29H2,2H3. The molecule has 0 amide bonds. The lowest BCUT2D eigenvalue weighted by molar-refractivity contribution is 0.0734. The lowest BCUT2D eigenvalue weighted by Crippen LogP contribution is -2.15. The summed E-state index contributed by atoms with van der Waals surface area (Å²) in [5.41, 5.74) is 1.87. The summed E-state index contributed by atoms with van der Waals surface area (Å²) in [6.07, 6.45) is 24.0. The number of ether oxygens (including phenoxy) is 2. The summed E-state index contributed by atoms with van der Waals surface area (Å²) in [4.78, 5) is 12.6. The minimum absolute atomic E-state index is 0.332. The van der Waals surface area contributed by atoms with E-state index < -0.39 is 0 Å². The van der Waals surface area contributed by atoms with Crippen molar-refractivity contribution in [1.82, 2.24) is 0 Å². The third-order valence-corrected chi connectivity index (χ3v) is 8.32. The molecule has 0 unspecified atom stereocenters. The van der Waals surface area contributed by atoms with E-state index in [9.17, 15) is 4.79 Å². The Morgan fingerprint density at radius 3 is 2.05 bits per heavy atom. The van der Waals surface area contributed by atoms with Crippen LogP contribution in [0.5, 0.6) is 11.5 Å². The van der Waals surface area contributed by atoms with Crippen molar-refractivity contribution in [2.75, 3.05) is 6.61 Å². The van der Waals surface area contributed by atoms with Crippen molar-refractivity contribution in [3.8, 4) is 11.5 Å². The van der Waals surface area contributed by atoms with Crippen LogP contribution in [0.1, 0.15) is 126 Å². The summed E-state index contributed by atoms with van der Waals surface area (Å²) in [5.74, 6) is 2.91. The smallest absolute Gasteiger partial charge is 0.343 e. The van der Waals surface area contributed by atoms with Gasteiger partial charge in [-0.05, 0) is 85.9 Å². The van der Waals surface area contributed by atoms with Crippen molar-refractivity contribution in [3.63, 3.8) is 0 Å². The number of hydrogen-bond acceptors (Lipinski definition) is 3. The Kier molecular flexibility index (Phi) is 14.8. The maximum absolute atomic E-state index is 12.6. The summed E-state index contributed by atoms with van der Waals surface area (Å²) >= 11 is 0. The normalized spacial score (nSPS) is 17.1. The molecule has 3 nitrogen and oxygen atoms in total. The number of unbranched alkanes of at least 4 members (excludes halogenated alkanes) is 8. The van der Waals surface area contributed by atoms with Gasteiger partial charge in [0.05, 0.1) is 12.2 Å². The first kappa shape index (κ1) is 31.0. The lowest BCUT2D eigenvalue weighted by Gasteiger charge is -2.28. The molecule has 0 N–H and O–H groups in total. The Balaban J connectivity index is 1.30. The largest absolute Gasteiger partial charge is 0.494 e. The fourth-order valence-electron chi connectivity index (χ4n) is 5.73. The fourth-order valence-corrected chi connectivity index (χ4v) is 5.73. The molecule has 0 bridgehead atoms. The first-order valence-corrected chi connectivity index (χ1v) is 15.8. The average Bonchev–Trinajstić information content (AvgIpc) is 2.97.